The minimum atomic E-state index is -0.747. The van der Waals surface area contributed by atoms with Crippen molar-refractivity contribution in [3.05, 3.63) is 63.6 Å². The number of rotatable bonds is 7. The third-order valence-electron chi connectivity index (χ3n) is 5.18. The maximum absolute atomic E-state index is 13.0. The number of carbonyl (C=O) groups excluding carboxylic acids is 2. The van der Waals surface area contributed by atoms with Crippen LogP contribution < -0.4 is 4.74 Å². The number of aliphatic hydroxyl groups is 1. The first-order valence-electron chi connectivity index (χ1n) is 9.80. The molecule has 0 aromatic heterocycles. The van der Waals surface area contributed by atoms with Crippen LogP contribution in [-0.4, -0.2) is 66.0 Å². The average molecular weight is 489 g/mol. The van der Waals surface area contributed by atoms with Crippen LogP contribution in [0.25, 0.3) is 5.76 Å². The second-order valence-electron chi connectivity index (χ2n) is 7.59. The fraction of sp³-hybridized carbons (Fsp3) is 0.304. The summed E-state index contributed by atoms with van der Waals surface area (Å²) in [4.78, 5) is 29.4. The molecule has 1 heterocycles. The summed E-state index contributed by atoms with van der Waals surface area (Å²) in [7, 11) is 5.41. The molecular formula is C23H25BrN2O5. The Kier molecular flexibility index (Phi) is 7.02. The highest BCUT2D eigenvalue weighted by molar-refractivity contribution is 9.10. The summed E-state index contributed by atoms with van der Waals surface area (Å²) in [5, 5.41) is 20.7. The molecule has 164 valence electrons. The van der Waals surface area contributed by atoms with Crippen molar-refractivity contribution in [2.75, 3.05) is 34.3 Å². The Morgan fingerprint density at radius 3 is 2.42 bits per heavy atom. The quantitative estimate of drug-likeness (QED) is 0.352. The molecule has 31 heavy (non-hydrogen) atoms. The number of aliphatic hydroxyl groups excluding tert-OH is 1. The lowest BCUT2D eigenvalue weighted by Crippen LogP contribution is -2.32. The maximum atomic E-state index is 13.0. The summed E-state index contributed by atoms with van der Waals surface area (Å²) in [6.45, 7) is 1.11. The monoisotopic (exact) mass is 488 g/mol. The molecule has 0 bridgehead atoms. The average Bonchev–Trinajstić information content (AvgIpc) is 2.98. The molecule has 7 nitrogen and oxygen atoms in total. The summed E-state index contributed by atoms with van der Waals surface area (Å²) < 4.78 is 5.84. The van der Waals surface area contributed by atoms with Crippen molar-refractivity contribution >= 4 is 33.4 Å². The van der Waals surface area contributed by atoms with Crippen molar-refractivity contribution in [3.8, 4) is 11.5 Å². The summed E-state index contributed by atoms with van der Waals surface area (Å²) in [5.74, 6) is -0.976. The Morgan fingerprint density at radius 2 is 1.84 bits per heavy atom. The van der Waals surface area contributed by atoms with Crippen molar-refractivity contribution in [1.29, 1.82) is 0 Å². The van der Waals surface area contributed by atoms with E-state index in [4.69, 9.17) is 4.74 Å². The highest BCUT2D eigenvalue weighted by Gasteiger charge is 2.45. The fourth-order valence-electron chi connectivity index (χ4n) is 3.64. The van der Waals surface area contributed by atoms with Crippen molar-refractivity contribution in [2.24, 2.45) is 0 Å². The molecule has 0 spiro atoms. The first-order chi connectivity index (χ1) is 14.7. The Labute approximate surface area is 189 Å². The predicted octanol–water partition coefficient (Wildman–Crippen LogP) is 3.54. The molecule has 1 atom stereocenters. The van der Waals surface area contributed by atoms with Gasteiger partial charge >= 0.3 is 0 Å². The largest absolute Gasteiger partial charge is 0.508 e. The van der Waals surface area contributed by atoms with E-state index in [2.05, 4.69) is 15.9 Å². The number of aromatic hydroxyl groups is 1. The van der Waals surface area contributed by atoms with Crippen LogP contribution in [0.1, 0.15) is 23.6 Å². The molecule has 2 aromatic rings. The van der Waals surface area contributed by atoms with Crippen LogP contribution in [0.5, 0.6) is 11.5 Å². The molecule has 0 radical (unpaired) electrons. The Hall–Kier alpha value is -2.84. The maximum Gasteiger partial charge on any atom is 0.295 e. The van der Waals surface area contributed by atoms with Crippen LogP contribution in [0.15, 0.2) is 52.5 Å². The minimum Gasteiger partial charge on any atom is -0.508 e. The number of Topliss-reactive ketones (excluding diaryl/α,β-unsaturated/α-hetero) is 1. The molecule has 2 N–H and O–H groups in total. The van der Waals surface area contributed by atoms with Gasteiger partial charge in [0, 0.05) is 12.1 Å². The number of phenols is 1. The van der Waals surface area contributed by atoms with E-state index >= 15 is 0 Å². The summed E-state index contributed by atoms with van der Waals surface area (Å²) in [6.07, 6.45) is 0.669. The molecular weight excluding hydrogens is 464 g/mol. The number of benzene rings is 2. The molecule has 3 rings (SSSR count). The zero-order chi connectivity index (χ0) is 22.7. The molecule has 1 amide bonds. The van der Waals surface area contributed by atoms with Gasteiger partial charge in [0.05, 0.1) is 23.2 Å². The second-order valence-corrected chi connectivity index (χ2v) is 8.44. The lowest BCUT2D eigenvalue weighted by atomic mass is 9.95. The number of likely N-dealkylation sites (tertiary alicyclic amines) is 1. The van der Waals surface area contributed by atoms with Crippen LogP contribution in [0.3, 0.4) is 0 Å². The van der Waals surface area contributed by atoms with E-state index in [0.29, 0.717) is 34.3 Å². The molecule has 8 heteroatoms. The number of ether oxygens (including phenoxy) is 1. The number of ketones is 1. The van der Waals surface area contributed by atoms with Gasteiger partial charge < -0.3 is 24.7 Å². The highest BCUT2D eigenvalue weighted by atomic mass is 79.9. The standard InChI is InChI=1S/C23H25BrN2O5/c1-25(2)11-4-12-26-20(14-5-8-16(27)9-6-14)19(22(29)23(26)30)21(28)15-7-10-18(31-3)17(24)13-15/h5-10,13,20,27-28H,4,11-12H2,1-3H3/b21-19-. The molecule has 1 unspecified atom stereocenters. The Bertz CT molecular complexity index is 1020. The fourth-order valence-corrected chi connectivity index (χ4v) is 4.18. The van der Waals surface area contributed by atoms with Crippen molar-refractivity contribution in [2.45, 2.75) is 12.5 Å². The van der Waals surface area contributed by atoms with E-state index in [1.54, 1.807) is 30.3 Å². The van der Waals surface area contributed by atoms with E-state index in [0.717, 1.165) is 6.54 Å². The molecule has 2 aromatic carbocycles. The van der Waals surface area contributed by atoms with Gasteiger partial charge in [-0.3, -0.25) is 9.59 Å². The second kappa shape index (κ2) is 9.53. The van der Waals surface area contributed by atoms with Crippen LogP contribution in [0, 0.1) is 0 Å². The third-order valence-corrected chi connectivity index (χ3v) is 5.80. The van der Waals surface area contributed by atoms with Gasteiger partial charge in [-0.05, 0) is 78.9 Å². The summed E-state index contributed by atoms with van der Waals surface area (Å²) in [6, 6.07) is 10.5. The van der Waals surface area contributed by atoms with Gasteiger partial charge in [0.2, 0.25) is 0 Å². The lowest BCUT2D eigenvalue weighted by Gasteiger charge is -2.26. The number of hydrogen-bond donors (Lipinski definition) is 2. The summed E-state index contributed by atoms with van der Waals surface area (Å²) in [5.41, 5.74) is 1.05. The van der Waals surface area contributed by atoms with E-state index in [1.165, 1.54) is 24.1 Å². The van der Waals surface area contributed by atoms with E-state index in [9.17, 15) is 19.8 Å². The van der Waals surface area contributed by atoms with Crippen molar-refractivity contribution in [1.82, 2.24) is 9.80 Å². The first kappa shape index (κ1) is 22.8. The predicted molar refractivity (Wildman–Crippen MR) is 121 cm³/mol. The molecule has 1 saturated heterocycles. The van der Waals surface area contributed by atoms with Gasteiger partial charge in [0.1, 0.15) is 17.3 Å². The number of amides is 1. The normalized spacial score (nSPS) is 18.1. The molecule has 1 aliphatic rings. The van der Waals surface area contributed by atoms with Gasteiger partial charge in [-0.25, -0.2) is 0 Å². The summed E-state index contributed by atoms with van der Waals surface area (Å²) >= 11 is 3.39. The third kappa shape index (κ3) is 4.75. The molecule has 0 saturated carbocycles. The smallest absolute Gasteiger partial charge is 0.295 e. The number of methoxy groups -OCH3 is 1. The van der Waals surface area contributed by atoms with Gasteiger partial charge in [-0.2, -0.15) is 0 Å². The Morgan fingerprint density at radius 1 is 1.16 bits per heavy atom. The number of phenolic OH excluding ortho intramolecular Hbond substituents is 1. The number of nitrogens with zero attached hydrogens (tertiary/aromatic N) is 2. The van der Waals surface area contributed by atoms with E-state index < -0.39 is 17.7 Å². The minimum absolute atomic E-state index is 0.0256. The van der Waals surface area contributed by atoms with Gasteiger partial charge in [0.15, 0.2) is 0 Å². The van der Waals surface area contributed by atoms with Crippen LogP contribution >= 0.6 is 15.9 Å². The lowest BCUT2D eigenvalue weighted by molar-refractivity contribution is -0.139. The van der Waals surface area contributed by atoms with Crippen molar-refractivity contribution in [3.63, 3.8) is 0 Å². The van der Waals surface area contributed by atoms with Gasteiger partial charge in [0.25, 0.3) is 11.7 Å². The van der Waals surface area contributed by atoms with Crippen LogP contribution in [0.2, 0.25) is 0 Å². The van der Waals surface area contributed by atoms with Crippen molar-refractivity contribution < 1.29 is 24.5 Å². The first-order valence-corrected chi connectivity index (χ1v) is 10.6. The van der Waals surface area contributed by atoms with Gasteiger partial charge in [-0.15, -0.1) is 0 Å². The molecule has 1 fully saturated rings. The zero-order valence-corrected chi connectivity index (χ0v) is 19.2. The number of hydrogen-bond acceptors (Lipinski definition) is 6. The molecule has 1 aliphatic heterocycles. The Balaban J connectivity index is 2.10. The topological polar surface area (TPSA) is 90.3 Å². The highest BCUT2D eigenvalue weighted by Crippen LogP contribution is 2.40. The number of halogens is 1. The van der Waals surface area contributed by atoms with Crippen LogP contribution in [0.4, 0.5) is 0 Å². The SMILES string of the molecule is COc1ccc(/C(O)=C2/C(=O)C(=O)N(CCCN(C)C)C2c2ccc(O)cc2)cc1Br. The van der Waals surface area contributed by atoms with Gasteiger partial charge in [-0.1, -0.05) is 12.1 Å². The van der Waals surface area contributed by atoms with E-state index in [-0.39, 0.29) is 17.1 Å². The zero-order valence-electron chi connectivity index (χ0n) is 17.6. The van der Waals surface area contributed by atoms with E-state index in [1.807, 2.05) is 19.0 Å². The van der Waals surface area contributed by atoms with Crippen LogP contribution in [-0.2, 0) is 9.59 Å². The number of carbonyl (C=O) groups is 2. The molecule has 0 aliphatic carbocycles.